The van der Waals surface area contributed by atoms with Crippen LogP contribution in [-0.4, -0.2) is 59.0 Å². The average molecular weight is 426 g/mol. The molecule has 2 heterocycles. The third-order valence-electron chi connectivity index (χ3n) is 5.00. The quantitative estimate of drug-likeness (QED) is 0.570. The van der Waals surface area contributed by atoms with Gasteiger partial charge in [0.15, 0.2) is 18.3 Å². The lowest BCUT2D eigenvalue weighted by molar-refractivity contribution is 0.0493. The van der Waals surface area contributed by atoms with Crippen LogP contribution in [0, 0.1) is 5.92 Å². The molecule has 1 aliphatic rings. The Morgan fingerprint density at radius 1 is 1.21 bits per heavy atom. The molecule has 29 heavy (non-hydrogen) atoms. The maximum absolute atomic E-state index is 11.0. The predicted octanol–water partition coefficient (Wildman–Crippen LogP) is 1.02. The number of rotatable bonds is 9. The largest absolute Gasteiger partial charge is 0.493 e. The zero-order valence-corrected chi connectivity index (χ0v) is 17.4. The normalized spacial score (nSPS) is 15.6. The summed E-state index contributed by atoms with van der Waals surface area (Å²) in [6, 6.07) is 3.71. The van der Waals surface area contributed by atoms with Crippen molar-refractivity contribution in [1.82, 2.24) is 14.7 Å². The summed E-state index contributed by atoms with van der Waals surface area (Å²) in [5, 5.41) is 5.86. The summed E-state index contributed by atoms with van der Waals surface area (Å²) in [5.41, 5.74) is 0.774. The zero-order chi connectivity index (χ0) is 20.9. The smallest absolute Gasteiger partial charge is 0.274 e. The fourth-order valence-corrected chi connectivity index (χ4v) is 3.94. The molecule has 0 bridgehead atoms. The molecular formula is C18H27N5O5S. The molecule has 0 saturated carbocycles. The first kappa shape index (κ1) is 21.5. The monoisotopic (exact) mass is 425 g/mol. The van der Waals surface area contributed by atoms with Gasteiger partial charge in [0, 0.05) is 38.2 Å². The number of aromatic nitrogens is 2. The molecule has 1 aromatic carbocycles. The number of hydrogen-bond donors (Lipinski definition) is 2. The number of nitrogens with zero attached hydrogens (tertiary/aromatic N) is 3. The molecule has 1 fully saturated rings. The van der Waals surface area contributed by atoms with E-state index in [1.54, 1.807) is 20.5 Å². The first-order valence-corrected chi connectivity index (χ1v) is 10.9. The zero-order valence-electron chi connectivity index (χ0n) is 16.6. The van der Waals surface area contributed by atoms with Gasteiger partial charge in [-0.1, -0.05) is 0 Å². The maximum Gasteiger partial charge on any atom is 0.274 e. The van der Waals surface area contributed by atoms with Crippen LogP contribution in [0.15, 0.2) is 18.5 Å². The van der Waals surface area contributed by atoms with Gasteiger partial charge in [-0.15, -0.1) is 0 Å². The molecule has 1 aromatic heterocycles. The molecule has 0 atom stereocenters. The van der Waals surface area contributed by atoms with Crippen molar-refractivity contribution in [1.29, 1.82) is 0 Å². The van der Waals surface area contributed by atoms with Crippen LogP contribution in [-0.2, 0) is 14.9 Å². The van der Waals surface area contributed by atoms with Crippen molar-refractivity contribution < 1.29 is 22.6 Å². The molecule has 3 rings (SSSR count). The van der Waals surface area contributed by atoms with Crippen molar-refractivity contribution >= 4 is 26.9 Å². The van der Waals surface area contributed by atoms with Crippen LogP contribution in [0.3, 0.4) is 0 Å². The molecule has 1 saturated heterocycles. The van der Waals surface area contributed by atoms with Gasteiger partial charge in [0.05, 0.1) is 12.6 Å². The highest BCUT2D eigenvalue weighted by Gasteiger charge is 2.22. The van der Waals surface area contributed by atoms with Gasteiger partial charge in [-0.3, -0.25) is 0 Å². The second-order valence-electron chi connectivity index (χ2n) is 6.93. The molecule has 0 radical (unpaired) electrons. The minimum atomic E-state index is -3.63. The van der Waals surface area contributed by atoms with Crippen LogP contribution in [0.25, 0.3) is 10.9 Å². The number of nitrogens with two attached hydrogens (primary N) is 1. The standard InChI is InChI=1S/C18H27N5O5S/c1-26-12-28-17-9-14-15(10-16(17)27-2)20-11-21-18(14)23-7-4-13(5-8-23)3-6-22-29(19,24)25/h9-11,13,22H,3-8,12H2,1-2H3,(H2,19,24,25). The molecular weight excluding hydrogens is 398 g/mol. The number of benzene rings is 1. The average Bonchev–Trinajstić information content (AvgIpc) is 2.70. The van der Waals surface area contributed by atoms with Gasteiger partial charge in [-0.25, -0.2) is 19.8 Å². The van der Waals surface area contributed by atoms with Crippen LogP contribution in [0.4, 0.5) is 5.82 Å². The van der Waals surface area contributed by atoms with Gasteiger partial charge in [0.1, 0.15) is 12.1 Å². The van der Waals surface area contributed by atoms with Crippen LogP contribution in [0.2, 0.25) is 0 Å². The molecule has 160 valence electrons. The van der Waals surface area contributed by atoms with E-state index in [0.717, 1.165) is 49.1 Å². The summed E-state index contributed by atoms with van der Waals surface area (Å²) in [4.78, 5) is 11.1. The summed E-state index contributed by atoms with van der Waals surface area (Å²) < 4.78 is 40.4. The van der Waals surface area contributed by atoms with E-state index in [1.807, 2.05) is 12.1 Å². The van der Waals surface area contributed by atoms with Crippen LogP contribution >= 0.6 is 0 Å². The van der Waals surface area contributed by atoms with E-state index >= 15 is 0 Å². The highest BCUT2D eigenvalue weighted by atomic mass is 32.2. The SMILES string of the molecule is COCOc1cc2c(N3CCC(CCNS(N)(=O)=O)CC3)ncnc2cc1OC. The Morgan fingerprint density at radius 3 is 2.62 bits per heavy atom. The fourth-order valence-electron chi connectivity index (χ4n) is 3.54. The lowest BCUT2D eigenvalue weighted by atomic mass is 9.93. The third-order valence-corrected chi connectivity index (χ3v) is 5.61. The number of fused-ring (bicyclic) bond motifs is 1. The Bertz CT molecular complexity index is 932. The molecule has 0 aliphatic carbocycles. The molecule has 1 aliphatic heterocycles. The van der Waals surface area contributed by atoms with Gasteiger partial charge in [-0.05, 0) is 31.2 Å². The Balaban J connectivity index is 1.73. The van der Waals surface area contributed by atoms with E-state index < -0.39 is 10.2 Å². The second kappa shape index (κ2) is 9.53. The van der Waals surface area contributed by atoms with Crippen molar-refractivity contribution in [3.8, 4) is 11.5 Å². The molecule has 0 amide bonds. The highest BCUT2D eigenvalue weighted by Crippen LogP contribution is 2.36. The minimum absolute atomic E-state index is 0.114. The summed E-state index contributed by atoms with van der Waals surface area (Å²) in [6.07, 6.45) is 4.21. The van der Waals surface area contributed by atoms with Crippen molar-refractivity contribution in [2.24, 2.45) is 11.1 Å². The molecule has 0 unspecified atom stereocenters. The van der Waals surface area contributed by atoms with Crippen molar-refractivity contribution in [3.63, 3.8) is 0 Å². The predicted molar refractivity (Wildman–Crippen MR) is 109 cm³/mol. The molecule has 3 N–H and O–H groups in total. The second-order valence-corrected chi connectivity index (χ2v) is 8.31. The first-order valence-electron chi connectivity index (χ1n) is 9.38. The van der Waals surface area contributed by atoms with E-state index in [4.69, 9.17) is 19.3 Å². The van der Waals surface area contributed by atoms with Gasteiger partial charge in [0.2, 0.25) is 0 Å². The lowest BCUT2D eigenvalue weighted by Crippen LogP contribution is -2.37. The van der Waals surface area contributed by atoms with E-state index in [0.29, 0.717) is 24.0 Å². The van der Waals surface area contributed by atoms with E-state index in [1.165, 1.54) is 0 Å². The van der Waals surface area contributed by atoms with Gasteiger partial charge in [-0.2, -0.15) is 8.42 Å². The summed E-state index contributed by atoms with van der Waals surface area (Å²) in [7, 11) is -0.486. The molecule has 0 spiro atoms. The van der Waals surface area contributed by atoms with Crippen molar-refractivity contribution in [3.05, 3.63) is 18.5 Å². The summed E-state index contributed by atoms with van der Waals surface area (Å²) in [5.74, 6) is 2.44. The Kier molecular flexibility index (Phi) is 7.06. The lowest BCUT2D eigenvalue weighted by Gasteiger charge is -2.33. The van der Waals surface area contributed by atoms with Crippen molar-refractivity contribution in [2.75, 3.05) is 45.5 Å². The van der Waals surface area contributed by atoms with Crippen molar-refractivity contribution in [2.45, 2.75) is 19.3 Å². The number of nitrogens with one attached hydrogen (secondary N) is 1. The van der Waals surface area contributed by atoms with Gasteiger partial charge >= 0.3 is 0 Å². The number of methoxy groups -OCH3 is 2. The number of anilines is 1. The number of ether oxygens (including phenoxy) is 3. The third kappa shape index (κ3) is 5.66. The number of hydrogen-bond acceptors (Lipinski definition) is 8. The Labute approximate surface area is 170 Å². The van der Waals surface area contributed by atoms with Gasteiger partial charge < -0.3 is 19.1 Å². The van der Waals surface area contributed by atoms with Crippen LogP contribution < -0.4 is 24.2 Å². The molecule has 11 heteroatoms. The Hall–Kier alpha value is -2.21. The molecule has 10 nitrogen and oxygen atoms in total. The molecule has 2 aromatic rings. The fraction of sp³-hybridized carbons (Fsp3) is 0.556. The van der Waals surface area contributed by atoms with E-state index in [9.17, 15) is 8.42 Å². The summed E-state index contributed by atoms with van der Waals surface area (Å²) in [6.45, 7) is 2.13. The van der Waals surface area contributed by atoms with Crippen LogP contribution in [0.5, 0.6) is 11.5 Å². The summed E-state index contributed by atoms with van der Waals surface area (Å²) >= 11 is 0. The van der Waals surface area contributed by atoms with Gasteiger partial charge in [0.25, 0.3) is 10.2 Å². The van der Waals surface area contributed by atoms with Crippen LogP contribution in [0.1, 0.15) is 19.3 Å². The minimum Gasteiger partial charge on any atom is -0.493 e. The number of piperidine rings is 1. The topological polar surface area (TPSA) is 129 Å². The van der Waals surface area contributed by atoms with E-state index in [-0.39, 0.29) is 6.79 Å². The highest BCUT2D eigenvalue weighted by molar-refractivity contribution is 7.87. The first-order chi connectivity index (χ1) is 13.9. The maximum atomic E-state index is 11.0. The van der Waals surface area contributed by atoms with E-state index in [2.05, 4.69) is 19.6 Å². The Morgan fingerprint density at radius 2 is 1.97 bits per heavy atom.